The van der Waals surface area contributed by atoms with E-state index in [0.717, 1.165) is 23.4 Å². The van der Waals surface area contributed by atoms with Gasteiger partial charge in [-0.15, -0.1) is 0 Å². The Morgan fingerprint density at radius 1 is 0.931 bits per heavy atom. The highest BCUT2D eigenvalue weighted by molar-refractivity contribution is 6.05. The minimum absolute atomic E-state index is 0.141. The molecule has 0 bridgehead atoms. The molecule has 0 spiro atoms. The van der Waals surface area contributed by atoms with E-state index < -0.39 is 11.6 Å². The molecule has 0 aliphatic heterocycles. The average molecular weight is 396 g/mol. The van der Waals surface area contributed by atoms with Gasteiger partial charge in [0.1, 0.15) is 5.82 Å². The van der Waals surface area contributed by atoms with Gasteiger partial charge in [0.15, 0.2) is 11.6 Å². The first-order valence-electron chi connectivity index (χ1n) is 9.09. The topological polar surface area (TPSA) is 69.3 Å². The molecule has 3 N–H and O–H groups in total. The maximum atomic E-state index is 13.6. The van der Waals surface area contributed by atoms with Gasteiger partial charge < -0.3 is 15.6 Å². The van der Waals surface area contributed by atoms with E-state index in [2.05, 4.69) is 41.4 Å². The van der Waals surface area contributed by atoms with Gasteiger partial charge in [-0.2, -0.15) is 4.99 Å². The van der Waals surface area contributed by atoms with Crippen molar-refractivity contribution in [3.63, 3.8) is 0 Å². The summed E-state index contributed by atoms with van der Waals surface area (Å²) in [6.07, 6.45) is 0. The largest absolute Gasteiger partial charge is 0.326 e. The van der Waals surface area contributed by atoms with Crippen molar-refractivity contribution in [2.45, 2.75) is 26.2 Å². The molecular formula is C22H22F2N4O. The molecule has 1 aromatic heterocycles. The Kier molecular flexibility index (Phi) is 5.77. The molecule has 0 amide bonds. The standard InChI is InChI=1S/C22H22F2N4O/c1-22(2,3)15-7-4-5-8-18(15)26-21(28-19-9-6-10-20(29)27-19)25-14-11-12-16(23)17(24)13-14/h4-13H,1-3H3,(H3,25,26,27,28,29). The summed E-state index contributed by atoms with van der Waals surface area (Å²) in [6.45, 7) is 6.26. The molecule has 3 rings (SSSR count). The van der Waals surface area contributed by atoms with Crippen LogP contribution in [0.3, 0.4) is 0 Å². The van der Waals surface area contributed by atoms with Crippen LogP contribution in [0, 0.1) is 11.6 Å². The second kappa shape index (κ2) is 8.26. The molecule has 0 saturated carbocycles. The number of nitrogens with zero attached hydrogens (tertiary/aromatic N) is 1. The van der Waals surface area contributed by atoms with E-state index in [1.807, 2.05) is 24.3 Å². The smallest absolute Gasteiger partial charge is 0.249 e. The molecule has 5 nitrogen and oxygen atoms in total. The van der Waals surface area contributed by atoms with Gasteiger partial charge in [-0.25, -0.2) is 8.78 Å². The highest BCUT2D eigenvalue weighted by Crippen LogP contribution is 2.29. The van der Waals surface area contributed by atoms with Gasteiger partial charge in [-0.1, -0.05) is 45.0 Å². The molecule has 0 fully saturated rings. The summed E-state index contributed by atoms with van der Waals surface area (Å²) in [5, 5.41) is 6.16. The van der Waals surface area contributed by atoms with Crippen molar-refractivity contribution in [3.05, 3.63) is 88.2 Å². The summed E-state index contributed by atoms with van der Waals surface area (Å²) in [5.41, 5.74) is 1.71. The normalized spacial score (nSPS) is 12.0. The van der Waals surface area contributed by atoms with Gasteiger partial charge >= 0.3 is 0 Å². The van der Waals surface area contributed by atoms with Crippen molar-refractivity contribution >= 4 is 23.2 Å². The van der Waals surface area contributed by atoms with Crippen molar-refractivity contribution in [2.24, 2.45) is 4.99 Å². The van der Waals surface area contributed by atoms with Crippen LogP contribution >= 0.6 is 0 Å². The molecular weight excluding hydrogens is 374 g/mol. The molecule has 0 unspecified atom stereocenters. The van der Waals surface area contributed by atoms with Crippen molar-refractivity contribution in [1.29, 1.82) is 0 Å². The third kappa shape index (κ3) is 5.28. The number of H-pyrrole nitrogens is 1. The summed E-state index contributed by atoms with van der Waals surface area (Å²) in [7, 11) is 0. The number of hydrogen-bond acceptors (Lipinski definition) is 2. The monoisotopic (exact) mass is 396 g/mol. The second-order valence-electron chi connectivity index (χ2n) is 7.54. The molecule has 2 aromatic carbocycles. The van der Waals surface area contributed by atoms with Gasteiger partial charge in [0.05, 0.1) is 0 Å². The summed E-state index contributed by atoms with van der Waals surface area (Å²) in [4.78, 5) is 18.6. The Bertz CT molecular complexity index is 1100. The van der Waals surface area contributed by atoms with Gasteiger partial charge in [-0.05, 0) is 35.2 Å². The highest BCUT2D eigenvalue weighted by Gasteiger charge is 2.18. The number of nitrogens with one attached hydrogen (secondary N) is 3. The SMILES string of the molecule is CC(C)(C)c1ccccc1N/C(=N/c1cccc(=O)[nH]1)Nc1ccc(F)c(F)c1. The van der Waals surface area contributed by atoms with Crippen LogP contribution in [-0.4, -0.2) is 10.9 Å². The zero-order valence-corrected chi connectivity index (χ0v) is 16.4. The Morgan fingerprint density at radius 3 is 2.38 bits per heavy atom. The third-order valence-electron chi connectivity index (χ3n) is 4.16. The van der Waals surface area contributed by atoms with E-state index in [0.29, 0.717) is 11.5 Å². The van der Waals surface area contributed by atoms with Crippen LogP contribution in [0.15, 0.2) is 70.5 Å². The quantitative estimate of drug-likeness (QED) is 0.423. The van der Waals surface area contributed by atoms with Crippen molar-refractivity contribution in [3.8, 4) is 0 Å². The average Bonchev–Trinajstić information content (AvgIpc) is 2.64. The lowest BCUT2D eigenvalue weighted by Gasteiger charge is -2.24. The number of guanidine groups is 1. The molecule has 0 saturated heterocycles. The van der Waals surface area contributed by atoms with E-state index in [-0.39, 0.29) is 16.9 Å². The van der Waals surface area contributed by atoms with Crippen molar-refractivity contribution in [1.82, 2.24) is 4.98 Å². The van der Waals surface area contributed by atoms with E-state index in [9.17, 15) is 13.6 Å². The number of aliphatic imine (C=N–C) groups is 1. The third-order valence-corrected chi connectivity index (χ3v) is 4.16. The molecule has 150 valence electrons. The Balaban J connectivity index is 2.01. The zero-order chi connectivity index (χ0) is 21.0. The predicted octanol–water partition coefficient (Wildman–Crippen LogP) is 5.16. The van der Waals surface area contributed by atoms with Crippen LogP contribution in [0.25, 0.3) is 0 Å². The summed E-state index contributed by atoms with van der Waals surface area (Å²) >= 11 is 0. The summed E-state index contributed by atoms with van der Waals surface area (Å²) in [5.74, 6) is -1.36. The molecule has 0 aliphatic carbocycles. The number of halogens is 2. The zero-order valence-electron chi connectivity index (χ0n) is 16.4. The maximum Gasteiger partial charge on any atom is 0.249 e. The molecule has 0 atom stereocenters. The number of hydrogen-bond donors (Lipinski definition) is 3. The lowest BCUT2D eigenvalue weighted by atomic mass is 9.86. The molecule has 7 heteroatoms. The van der Waals surface area contributed by atoms with Gasteiger partial charge in [0.25, 0.3) is 0 Å². The lowest BCUT2D eigenvalue weighted by Crippen LogP contribution is -2.25. The van der Waals surface area contributed by atoms with E-state index in [1.165, 1.54) is 12.1 Å². The molecule has 0 aliphatic rings. The van der Waals surface area contributed by atoms with Crippen LogP contribution in [0.5, 0.6) is 0 Å². The fourth-order valence-electron chi connectivity index (χ4n) is 2.79. The lowest BCUT2D eigenvalue weighted by molar-refractivity contribution is 0.509. The molecule has 1 heterocycles. The van der Waals surface area contributed by atoms with Gasteiger partial charge in [-0.3, -0.25) is 4.79 Å². The number of rotatable bonds is 3. The first-order valence-corrected chi connectivity index (χ1v) is 9.09. The number of benzene rings is 2. The minimum Gasteiger partial charge on any atom is -0.326 e. The van der Waals surface area contributed by atoms with Crippen LogP contribution < -0.4 is 16.2 Å². The predicted molar refractivity (Wildman–Crippen MR) is 113 cm³/mol. The Hall–Kier alpha value is -3.48. The van der Waals surface area contributed by atoms with E-state index in [4.69, 9.17) is 0 Å². The van der Waals surface area contributed by atoms with Crippen molar-refractivity contribution in [2.75, 3.05) is 10.6 Å². The van der Waals surface area contributed by atoms with E-state index >= 15 is 0 Å². The number of pyridine rings is 1. The van der Waals surface area contributed by atoms with Crippen LogP contribution in [0.2, 0.25) is 0 Å². The van der Waals surface area contributed by atoms with E-state index in [1.54, 1.807) is 12.1 Å². The molecule has 3 aromatic rings. The van der Waals surface area contributed by atoms with Crippen LogP contribution in [0.4, 0.5) is 26.0 Å². The maximum absolute atomic E-state index is 13.6. The summed E-state index contributed by atoms with van der Waals surface area (Å²) < 4.78 is 26.9. The molecule has 0 radical (unpaired) electrons. The first-order chi connectivity index (χ1) is 13.7. The van der Waals surface area contributed by atoms with Gasteiger partial charge in [0, 0.05) is 23.5 Å². The Morgan fingerprint density at radius 2 is 1.69 bits per heavy atom. The molecule has 29 heavy (non-hydrogen) atoms. The second-order valence-corrected chi connectivity index (χ2v) is 7.54. The number of aromatic nitrogens is 1. The Labute approximate surface area is 167 Å². The van der Waals surface area contributed by atoms with Crippen LogP contribution in [0.1, 0.15) is 26.3 Å². The fraction of sp³-hybridized carbons (Fsp3) is 0.182. The number of aromatic amines is 1. The first kappa shape index (κ1) is 20.3. The number of anilines is 2. The highest BCUT2D eigenvalue weighted by atomic mass is 19.2. The van der Waals surface area contributed by atoms with Crippen molar-refractivity contribution < 1.29 is 8.78 Å². The fourth-order valence-corrected chi connectivity index (χ4v) is 2.79. The minimum atomic E-state index is -0.974. The van der Waals surface area contributed by atoms with Gasteiger partial charge in [0.2, 0.25) is 11.5 Å². The summed E-state index contributed by atoms with van der Waals surface area (Å²) in [6, 6.07) is 15.8. The number of para-hydroxylation sites is 1. The van der Waals surface area contributed by atoms with Crippen LogP contribution in [-0.2, 0) is 5.41 Å².